The maximum atomic E-state index is 13.1. The van der Waals surface area contributed by atoms with E-state index < -0.39 is 9.84 Å². The van der Waals surface area contributed by atoms with Crippen molar-refractivity contribution in [2.45, 2.75) is 16.8 Å². The van der Waals surface area contributed by atoms with Crippen LogP contribution in [-0.2, 0) is 9.84 Å². The highest BCUT2D eigenvalue weighted by Gasteiger charge is 2.25. The van der Waals surface area contributed by atoms with E-state index in [2.05, 4.69) is 35.9 Å². The summed E-state index contributed by atoms with van der Waals surface area (Å²) in [6, 6.07) is 10.6. The van der Waals surface area contributed by atoms with Crippen molar-refractivity contribution < 1.29 is 8.42 Å². The van der Waals surface area contributed by atoms with Crippen LogP contribution in [0.15, 0.2) is 75.7 Å². The van der Waals surface area contributed by atoms with Crippen molar-refractivity contribution in [2.75, 3.05) is 0 Å². The van der Waals surface area contributed by atoms with Gasteiger partial charge in [0.25, 0.3) is 0 Å². The van der Waals surface area contributed by atoms with E-state index in [-0.39, 0.29) is 14.5 Å². The van der Waals surface area contributed by atoms with E-state index in [1.165, 1.54) is 0 Å². The fraction of sp³-hybridized carbons (Fsp3) is 0.0500. The average molecular weight is 468 g/mol. The smallest absolute Gasteiger partial charge is 0.226 e. The molecule has 29 heavy (non-hydrogen) atoms. The van der Waals surface area contributed by atoms with Crippen LogP contribution >= 0.6 is 15.9 Å². The summed E-state index contributed by atoms with van der Waals surface area (Å²) in [4.78, 5) is 16.4. The molecular weight excluding hydrogens is 454 g/mol. The minimum absolute atomic E-state index is 0.117. The predicted octanol–water partition coefficient (Wildman–Crippen LogP) is 4.18. The van der Waals surface area contributed by atoms with E-state index in [0.717, 1.165) is 22.3 Å². The van der Waals surface area contributed by atoms with Gasteiger partial charge in [-0.05, 0) is 52.7 Å². The first-order valence-corrected chi connectivity index (χ1v) is 11.0. The summed E-state index contributed by atoms with van der Waals surface area (Å²) < 4.78 is 28.3. The Morgan fingerprint density at radius 1 is 1.14 bits per heavy atom. The molecule has 1 N–H and O–H groups in total. The molecule has 0 saturated heterocycles. The number of aromatic nitrogens is 5. The molecule has 4 heterocycles. The zero-order valence-corrected chi connectivity index (χ0v) is 17.6. The number of aryl methyl sites for hydroxylation is 1. The molecule has 0 aliphatic carbocycles. The molecular formula is C20H14BrN5O2S. The third kappa shape index (κ3) is 2.93. The second-order valence-corrected chi connectivity index (χ2v) is 9.27. The fourth-order valence-electron chi connectivity index (χ4n) is 3.26. The van der Waals surface area contributed by atoms with E-state index in [9.17, 15) is 8.42 Å². The van der Waals surface area contributed by atoms with Gasteiger partial charge in [-0.2, -0.15) is 0 Å². The number of H-pyrrole nitrogens is 1. The van der Waals surface area contributed by atoms with Gasteiger partial charge in [0.15, 0.2) is 10.7 Å². The number of imidazole rings is 1. The van der Waals surface area contributed by atoms with Gasteiger partial charge in [0.05, 0.1) is 4.90 Å². The van der Waals surface area contributed by atoms with Crippen LogP contribution in [0, 0.1) is 6.92 Å². The van der Waals surface area contributed by atoms with Crippen LogP contribution in [0.3, 0.4) is 0 Å². The van der Waals surface area contributed by atoms with Gasteiger partial charge in [0, 0.05) is 35.9 Å². The highest BCUT2D eigenvalue weighted by atomic mass is 79.9. The van der Waals surface area contributed by atoms with Crippen LogP contribution in [0.25, 0.3) is 27.9 Å². The van der Waals surface area contributed by atoms with E-state index in [4.69, 9.17) is 0 Å². The molecule has 1 aromatic carbocycles. The summed E-state index contributed by atoms with van der Waals surface area (Å²) >= 11 is 3.31. The number of fused-ring (bicyclic) bond motifs is 2. The van der Waals surface area contributed by atoms with Crippen molar-refractivity contribution in [3.05, 3.63) is 71.4 Å². The molecule has 7 nitrogen and oxygen atoms in total. The van der Waals surface area contributed by atoms with Crippen LogP contribution in [0.4, 0.5) is 0 Å². The van der Waals surface area contributed by atoms with Crippen molar-refractivity contribution in [2.24, 2.45) is 0 Å². The zero-order valence-electron chi connectivity index (χ0n) is 15.2. The lowest BCUT2D eigenvalue weighted by atomic mass is 10.1. The Hall–Kier alpha value is -3.04. The van der Waals surface area contributed by atoms with Crippen molar-refractivity contribution >= 4 is 42.6 Å². The van der Waals surface area contributed by atoms with Gasteiger partial charge in [-0.25, -0.2) is 23.4 Å². The minimum atomic E-state index is -3.81. The van der Waals surface area contributed by atoms with Gasteiger partial charge in [-0.1, -0.05) is 12.1 Å². The molecule has 0 atom stereocenters. The first-order valence-electron chi connectivity index (χ1n) is 8.73. The van der Waals surface area contributed by atoms with Crippen LogP contribution in [-0.4, -0.2) is 32.8 Å². The Labute approximate surface area is 174 Å². The van der Waals surface area contributed by atoms with Crippen molar-refractivity contribution in [3.63, 3.8) is 0 Å². The van der Waals surface area contributed by atoms with Gasteiger partial charge >= 0.3 is 0 Å². The van der Waals surface area contributed by atoms with Gasteiger partial charge in [-0.3, -0.25) is 0 Å². The Bertz CT molecular complexity index is 1500. The Balaban J connectivity index is 1.67. The first kappa shape index (κ1) is 18.0. The molecule has 144 valence electrons. The molecule has 0 saturated carbocycles. The third-order valence-electron chi connectivity index (χ3n) is 4.69. The third-order valence-corrected chi connectivity index (χ3v) is 7.17. The normalized spacial score (nSPS) is 12.1. The highest BCUT2D eigenvalue weighted by molar-refractivity contribution is 9.10. The monoisotopic (exact) mass is 467 g/mol. The number of aromatic amines is 1. The standard InChI is InChI=1S/C20H14BrN5O2S/c1-12-3-2-4-14(9-12)29(27,28)20-18(21)24-17-15(10-23-19(17)25-20)13-5-6-16-22-7-8-26(16)11-13/h2-11H,1H3,(H,23,25). The van der Waals surface area contributed by atoms with Crippen molar-refractivity contribution in [1.29, 1.82) is 0 Å². The number of benzene rings is 1. The quantitative estimate of drug-likeness (QED) is 0.429. The molecule has 0 bridgehead atoms. The second kappa shape index (κ2) is 6.50. The number of nitrogens with one attached hydrogen (secondary N) is 1. The molecule has 0 unspecified atom stereocenters. The first-order chi connectivity index (χ1) is 13.9. The molecule has 9 heteroatoms. The van der Waals surface area contributed by atoms with Crippen molar-refractivity contribution in [3.8, 4) is 11.1 Å². The molecule has 0 aliphatic heterocycles. The number of pyridine rings is 1. The number of hydrogen-bond donors (Lipinski definition) is 1. The summed E-state index contributed by atoms with van der Waals surface area (Å²) in [5, 5.41) is -0.117. The van der Waals surface area contributed by atoms with Crippen LogP contribution in [0.1, 0.15) is 5.56 Å². The maximum absolute atomic E-state index is 13.1. The van der Waals surface area contributed by atoms with E-state index in [1.54, 1.807) is 30.6 Å². The van der Waals surface area contributed by atoms with Crippen LogP contribution < -0.4 is 0 Å². The average Bonchev–Trinajstić information content (AvgIpc) is 3.33. The van der Waals surface area contributed by atoms with Gasteiger partial charge in [0.1, 0.15) is 15.8 Å². The molecule has 4 aromatic heterocycles. The summed E-state index contributed by atoms with van der Waals surface area (Å²) in [6.45, 7) is 1.84. The molecule has 0 amide bonds. The van der Waals surface area contributed by atoms with Gasteiger partial charge < -0.3 is 9.38 Å². The number of rotatable bonds is 3. The summed E-state index contributed by atoms with van der Waals surface area (Å²) in [6.07, 6.45) is 7.31. The summed E-state index contributed by atoms with van der Waals surface area (Å²) in [5.41, 5.74) is 4.42. The second-order valence-electron chi connectivity index (χ2n) is 6.65. The molecule has 5 rings (SSSR count). The lowest BCUT2D eigenvalue weighted by Crippen LogP contribution is -2.07. The van der Waals surface area contributed by atoms with Crippen LogP contribution in [0.5, 0.6) is 0 Å². The van der Waals surface area contributed by atoms with Crippen molar-refractivity contribution in [1.82, 2.24) is 24.3 Å². The molecule has 0 aliphatic rings. The topological polar surface area (TPSA) is 93.0 Å². The minimum Gasteiger partial charge on any atom is -0.344 e. The SMILES string of the molecule is Cc1cccc(S(=O)(=O)c2nc3[nH]cc(-c4ccc5nccn5c4)c3nc2Br)c1. The molecule has 0 spiro atoms. The Morgan fingerprint density at radius 2 is 2.00 bits per heavy atom. The number of sulfone groups is 1. The van der Waals surface area contributed by atoms with Crippen LogP contribution in [0.2, 0.25) is 0 Å². The molecule has 0 fully saturated rings. The molecule has 0 radical (unpaired) electrons. The fourth-order valence-corrected chi connectivity index (χ4v) is 5.47. The summed E-state index contributed by atoms with van der Waals surface area (Å²) in [5.74, 6) is 0. The lowest BCUT2D eigenvalue weighted by Gasteiger charge is -2.07. The van der Waals surface area contributed by atoms with E-state index in [1.807, 2.05) is 41.9 Å². The Morgan fingerprint density at radius 3 is 2.83 bits per heavy atom. The highest BCUT2D eigenvalue weighted by Crippen LogP contribution is 2.32. The number of halogens is 1. The largest absolute Gasteiger partial charge is 0.344 e. The maximum Gasteiger partial charge on any atom is 0.226 e. The number of nitrogens with zero attached hydrogens (tertiary/aromatic N) is 4. The number of hydrogen-bond acceptors (Lipinski definition) is 5. The summed E-state index contributed by atoms with van der Waals surface area (Å²) in [7, 11) is -3.81. The van der Waals surface area contributed by atoms with E-state index in [0.29, 0.717) is 11.2 Å². The predicted molar refractivity (Wildman–Crippen MR) is 112 cm³/mol. The zero-order chi connectivity index (χ0) is 20.2. The molecule has 5 aromatic rings. The van der Waals surface area contributed by atoms with Gasteiger partial charge in [-0.15, -0.1) is 0 Å². The Kier molecular flexibility index (Phi) is 4.04. The lowest BCUT2D eigenvalue weighted by molar-refractivity contribution is 0.591. The van der Waals surface area contributed by atoms with Gasteiger partial charge in [0.2, 0.25) is 9.84 Å². The van der Waals surface area contributed by atoms with E-state index >= 15 is 0 Å².